The third-order valence-corrected chi connectivity index (χ3v) is 1.76. The molecule has 0 atom stereocenters. The summed E-state index contributed by atoms with van der Waals surface area (Å²) in [4.78, 5) is 0. The van der Waals surface area contributed by atoms with Crippen LogP contribution in [0.2, 0.25) is 0 Å². The molecule has 0 aliphatic carbocycles. The molecule has 0 saturated carbocycles. The SMILES string of the molecule is CNCCc1c(F)ccc(F)c1F. The predicted molar refractivity (Wildman–Crippen MR) is 43.9 cm³/mol. The average molecular weight is 189 g/mol. The lowest BCUT2D eigenvalue weighted by Crippen LogP contribution is -2.13. The minimum atomic E-state index is -1.09. The number of nitrogens with one attached hydrogen (secondary N) is 1. The van der Waals surface area contributed by atoms with Crippen molar-refractivity contribution in [3.63, 3.8) is 0 Å². The van der Waals surface area contributed by atoms with E-state index < -0.39 is 17.5 Å². The molecule has 0 spiro atoms. The Morgan fingerprint density at radius 2 is 1.77 bits per heavy atom. The first-order valence-corrected chi connectivity index (χ1v) is 3.93. The Bertz CT molecular complexity index is 299. The summed E-state index contributed by atoms with van der Waals surface area (Å²) < 4.78 is 38.5. The van der Waals surface area contributed by atoms with Gasteiger partial charge in [0.1, 0.15) is 5.82 Å². The maximum atomic E-state index is 12.9. The van der Waals surface area contributed by atoms with Crippen molar-refractivity contribution in [1.82, 2.24) is 5.32 Å². The van der Waals surface area contributed by atoms with E-state index in [1.54, 1.807) is 7.05 Å². The maximum absolute atomic E-state index is 12.9. The molecule has 0 aliphatic rings. The summed E-state index contributed by atoms with van der Waals surface area (Å²) >= 11 is 0. The molecule has 0 amide bonds. The van der Waals surface area contributed by atoms with Crippen molar-refractivity contribution in [3.05, 3.63) is 35.1 Å². The van der Waals surface area contributed by atoms with Crippen molar-refractivity contribution in [2.45, 2.75) is 6.42 Å². The first-order valence-electron chi connectivity index (χ1n) is 3.93. The van der Waals surface area contributed by atoms with E-state index in [0.29, 0.717) is 6.54 Å². The van der Waals surface area contributed by atoms with E-state index in [-0.39, 0.29) is 12.0 Å². The second kappa shape index (κ2) is 4.28. The lowest BCUT2D eigenvalue weighted by molar-refractivity contribution is 0.478. The van der Waals surface area contributed by atoms with Crippen molar-refractivity contribution in [2.24, 2.45) is 0 Å². The van der Waals surface area contributed by atoms with Crippen LogP contribution in [0, 0.1) is 17.5 Å². The van der Waals surface area contributed by atoms with Crippen LogP contribution in [0.5, 0.6) is 0 Å². The quantitative estimate of drug-likeness (QED) is 0.716. The van der Waals surface area contributed by atoms with Crippen LogP contribution in [-0.4, -0.2) is 13.6 Å². The van der Waals surface area contributed by atoms with Gasteiger partial charge in [0.05, 0.1) is 0 Å². The molecule has 1 aromatic carbocycles. The van der Waals surface area contributed by atoms with Gasteiger partial charge in [-0.2, -0.15) is 0 Å². The summed E-state index contributed by atoms with van der Waals surface area (Å²) in [5.41, 5.74) is -0.200. The van der Waals surface area contributed by atoms with Gasteiger partial charge >= 0.3 is 0 Å². The summed E-state index contributed by atoms with van der Waals surface area (Å²) in [6.07, 6.45) is 0.145. The molecule has 4 heteroatoms. The number of hydrogen-bond donors (Lipinski definition) is 1. The molecular formula is C9H10F3N. The van der Waals surface area contributed by atoms with Gasteiger partial charge < -0.3 is 5.32 Å². The number of likely N-dealkylation sites (N-methyl/N-ethyl adjacent to an activating group) is 1. The van der Waals surface area contributed by atoms with Crippen LogP contribution in [0.4, 0.5) is 13.2 Å². The Morgan fingerprint density at radius 1 is 1.15 bits per heavy atom. The van der Waals surface area contributed by atoms with E-state index in [9.17, 15) is 13.2 Å². The molecule has 0 saturated heterocycles. The third kappa shape index (κ3) is 2.21. The topological polar surface area (TPSA) is 12.0 Å². The molecule has 0 aromatic heterocycles. The van der Waals surface area contributed by atoms with Gasteiger partial charge in [-0.25, -0.2) is 13.2 Å². The van der Waals surface area contributed by atoms with E-state index in [2.05, 4.69) is 5.32 Å². The molecule has 0 unspecified atom stereocenters. The Labute approximate surface area is 74.6 Å². The Balaban J connectivity index is 2.96. The molecule has 0 fully saturated rings. The van der Waals surface area contributed by atoms with E-state index in [4.69, 9.17) is 0 Å². The van der Waals surface area contributed by atoms with Crippen LogP contribution in [0.15, 0.2) is 12.1 Å². The fourth-order valence-electron chi connectivity index (χ4n) is 1.05. The van der Waals surface area contributed by atoms with Crippen molar-refractivity contribution >= 4 is 0 Å². The molecule has 0 radical (unpaired) electrons. The minimum Gasteiger partial charge on any atom is -0.319 e. The van der Waals surface area contributed by atoms with Gasteiger partial charge in [-0.15, -0.1) is 0 Å². The van der Waals surface area contributed by atoms with Crippen LogP contribution in [0.1, 0.15) is 5.56 Å². The third-order valence-electron chi connectivity index (χ3n) is 1.76. The molecule has 72 valence electrons. The highest BCUT2D eigenvalue weighted by Crippen LogP contribution is 2.15. The monoisotopic (exact) mass is 189 g/mol. The van der Waals surface area contributed by atoms with Crippen molar-refractivity contribution in [1.29, 1.82) is 0 Å². The van der Waals surface area contributed by atoms with Crippen molar-refractivity contribution < 1.29 is 13.2 Å². The van der Waals surface area contributed by atoms with Gasteiger partial charge in [0.2, 0.25) is 0 Å². The highest BCUT2D eigenvalue weighted by molar-refractivity contribution is 5.21. The highest BCUT2D eigenvalue weighted by atomic mass is 19.2. The highest BCUT2D eigenvalue weighted by Gasteiger charge is 2.12. The van der Waals surface area contributed by atoms with Gasteiger partial charge in [0.25, 0.3) is 0 Å². The lowest BCUT2D eigenvalue weighted by atomic mass is 10.1. The standard InChI is InChI=1S/C9H10F3N/c1-13-5-4-6-7(10)2-3-8(11)9(6)12/h2-3,13H,4-5H2,1H3. The summed E-state index contributed by atoms with van der Waals surface area (Å²) in [7, 11) is 1.66. The zero-order valence-electron chi connectivity index (χ0n) is 7.20. The van der Waals surface area contributed by atoms with E-state index in [1.807, 2.05) is 0 Å². The number of halogens is 3. The summed E-state index contributed by atoms with van der Waals surface area (Å²) in [5, 5.41) is 2.73. The zero-order valence-corrected chi connectivity index (χ0v) is 7.20. The van der Waals surface area contributed by atoms with Gasteiger partial charge in [0, 0.05) is 5.56 Å². The Hall–Kier alpha value is -1.03. The Kier molecular flexibility index (Phi) is 3.31. The minimum absolute atomic E-state index is 0.145. The van der Waals surface area contributed by atoms with Gasteiger partial charge in [-0.1, -0.05) is 0 Å². The molecule has 0 heterocycles. The van der Waals surface area contributed by atoms with Crippen LogP contribution in [0.3, 0.4) is 0 Å². The number of benzene rings is 1. The molecular weight excluding hydrogens is 179 g/mol. The lowest BCUT2D eigenvalue weighted by Gasteiger charge is -2.04. The van der Waals surface area contributed by atoms with Crippen molar-refractivity contribution in [3.8, 4) is 0 Å². The Morgan fingerprint density at radius 3 is 2.38 bits per heavy atom. The van der Waals surface area contributed by atoms with Gasteiger partial charge in [-0.05, 0) is 32.1 Å². The smallest absolute Gasteiger partial charge is 0.164 e. The molecule has 0 bridgehead atoms. The fourth-order valence-corrected chi connectivity index (χ4v) is 1.05. The first kappa shape index (κ1) is 10.1. The van der Waals surface area contributed by atoms with Crippen LogP contribution >= 0.6 is 0 Å². The second-order valence-electron chi connectivity index (χ2n) is 2.68. The maximum Gasteiger partial charge on any atom is 0.164 e. The normalized spacial score (nSPS) is 10.5. The molecule has 13 heavy (non-hydrogen) atoms. The largest absolute Gasteiger partial charge is 0.319 e. The van der Waals surface area contributed by atoms with Crippen LogP contribution in [0.25, 0.3) is 0 Å². The van der Waals surface area contributed by atoms with Crippen molar-refractivity contribution in [2.75, 3.05) is 13.6 Å². The van der Waals surface area contributed by atoms with Gasteiger partial charge in [0.15, 0.2) is 11.6 Å². The zero-order chi connectivity index (χ0) is 9.84. The second-order valence-corrected chi connectivity index (χ2v) is 2.68. The van der Waals surface area contributed by atoms with Crippen LogP contribution < -0.4 is 5.32 Å². The molecule has 1 aromatic rings. The first-order chi connectivity index (χ1) is 6.16. The number of rotatable bonds is 3. The molecule has 1 rings (SSSR count). The van der Waals surface area contributed by atoms with Crippen LogP contribution in [-0.2, 0) is 6.42 Å². The summed E-state index contributed by atoms with van der Waals surface area (Å²) in [6, 6.07) is 1.72. The predicted octanol–water partition coefficient (Wildman–Crippen LogP) is 1.87. The van der Waals surface area contributed by atoms with E-state index in [0.717, 1.165) is 12.1 Å². The van der Waals surface area contributed by atoms with E-state index in [1.165, 1.54) is 0 Å². The molecule has 0 aliphatic heterocycles. The number of hydrogen-bond acceptors (Lipinski definition) is 1. The van der Waals surface area contributed by atoms with Gasteiger partial charge in [-0.3, -0.25) is 0 Å². The summed E-state index contributed by atoms with van der Waals surface area (Å²) in [6.45, 7) is 0.414. The van der Waals surface area contributed by atoms with E-state index >= 15 is 0 Å². The average Bonchev–Trinajstić information content (AvgIpc) is 2.12. The fraction of sp³-hybridized carbons (Fsp3) is 0.333. The summed E-state index contributed by atoms with van der Waals surface area (Å²) in [5.74, 6) is -2.79. The molecule has 1 N–H and O–H groups in total. The molecule has 1 nitrogen and oxygen atoms in total.